The molecular formula is C20H26N2O5S. The van der Waals surface area contributed by atoms with Gasteiger partial charge in [-0.15, -0.1) is 0 Å². The summed E-state index contributed by atoms with van der Waals surface area (Å²) in [6, 6.07) is 13.4. The van der Waals surface area contributed by atoms with E-state index in [4.69, 9.17) is 9.47 Å². The molecule has 28 heavy (non-hydrogen) atoms. The molecule has 0 heterocycles. The van der Waals surface area contributed by atoms with Crippen LogP contribution in [-0.4, -0.2) is 45.4 Å². The van der Waals surface area contributed by atoms with Gasteiger partial charge in [0.15, 0.2) is 0 Å². The number of ether oxygens (including phenoxy) is 2. The summed E-state index contributed by atoms with van der Waals surface area (Å²) in [5.74, 6) is 0.888. The molecule has 7 nitrogen and oxygen atoms in total. The van der Waals surface area contributed by atoms with E-state index in [1.54, 1.807) is 12.1 Å². The first-order valence-corrected chi connectivity index (χ1v) is 10.3. The summed E-state index contributed by atoms with van der Waals surface area (Å²) in [6.07, 6.45) is 0.0571. The lowest BCUT2D eigenvalue weighted by atomic mass is 10.2. The Bertz CT molecular complexity index is 895. The van der Waals surface area contributed by atoms with Crippen molar-refractivity contribution in [1.82, 2.24) is 9.62 Å². The highest BCUT2D eigenvalue weighted by Gasteiger charge is 2.22. The first-order chi connectivity index (χ1) is 13.2. The molecule has 1 N–H and O–H groups in total. The number of nitrogens with one attached hydrogen (secondary N) is 1. The molecule has 0 atom stereocenters. The summed E-state index contributed by atoms with van der Waals surface area (Å²) in [7, 11) is -0.889. The van der Waals surface area contributed by atoms with E-state index in [9.17, 15) is 13.2 Å². The fourth-order valence-corrected chi connectivity index (χ4v) is 3.60. The van der Waals surface area contributed by atoms with E-state index in [2.05, 4.69) is 5.32 Å². The summed E-state index contributed by atoms with van der Waals surface area (Å²) < 4.78 is 36.8. The van der Waals surface area contributed by atoms with Crippen molar-refractivity contribution >= 4 is 15.9 Å². The Morgan fingerprint density at radius 3 is 2.39 bits per heavy atom. The summed E-state index contributed by atoms with van der Waals surface area (Å²) >= 11 is 0. The summed E-state index contributed by atoms with van der Waals surface area (Å²) in [6.45, 7) is 3.88. The molecule has 8 heteroatoms. The van der Waals surface area contributed by atoms with Gasteiger partial charge in [-0.2, -0.15) is 4.31 Å². The molecule has 1 amide bonds. The van der Waals surface area contributed by atoms with Crippen LogP contribution in [0.2, 0.25) is 0 Å². The van der Waals surface area contributed by atoms with Gasteiger partial charge in [0.25, 0.3) is 0 Å². The fourth-order valence-electron chi connectivity index (χ4n) is 2.47. The normalized spacial score (nSPS) is 11.5. The molecule has 0 aromatic heterocycles. The van der Waals surface area contributed by atoms with Gasteiger partial charge >= 0.3 is 0 Å². The van der Waals surface area contributed by atoms with Gasteiger partial charge in [0.05, 0.1) is 24.7 Å². The van der Waals surface area contributed by atoms with Crippen molar-refractivity contribution in [3.05, 3.63) is 54.1 Å². The van der Waals surface area contributed by atoms with Gasteiger partial charge in [0, 0.05) is 13.6 Å². The van der Waals surface area contributed by atoms with Crippen molar-refractivity contribution < 1.29 is 22.7 Å². The third-order valence-corrected chi connectivity index (χ3v) is 5.71. The van der Waals surface area contributed by atoms with Crippen molar-refractivity contribution in [1.29, 1.82) is 0 Å². The number of rotatable bonds is 9. The van der Waals surface area contributed by atoms with Crippen LogP contribution in [0.3, 0.4) is 0 Å². The maximum Gasteiger partial charge on any atom is 0.243 e. The number of nitrogens with zero attached hydrogens (tertiary/aromatic N) is 1. The number of likely N-dealkylation sites (N-methyl/N-ethyl adjacent to an activating group) is 1. The predicted octanol–water partition coefficient (Wildman–Crippen LogP) is 2.42. The molecule has 152 valence electrons. The number of amides is 1. The minimum atomic E-state index is -3.77. The second-order valence-electron chi connectivity index (χ2n) is 6.53. The molecule has 0 saturated heterocycles. The number of sulfonamides is 1. The quantitative estimate of drug-likeness (QED) is 0.691. The molecule has 0 aliphatic carbocycles. The lowest BCUT2D eigenvalue weighted by molar-refractivity contribution is -0.121. The van der Waals surface area contributed by atoms with Crippen LogP contribution in [0.4, 0.5) is 0 Å². The van der Waals surface area contributed by atoms with E-state index in [-0.39, 0.29) is 24.1 Å². The van der Waals surface area contributed by atoms with Crippen LogP contribution < -0.4 is 14.8 Å². The predicted molar refractivity (Wildman–Crippen MR) is 107 cm³/mol. The lowest BCUT2D eigenvalue weighted by Gasteiger charge is -2.17. The van der Waals surface area contributed by atoms with Crippen molar-refractivity contribution in [2.24, 2.45) is 0 Å². The highest BCUT2D eigenvalue weighted by Crippen LogP contribution is 2.18. The smallest absolute Gasteiger partial charge is 0.243 e. The minimum Gasteiger partial charge on any atom is -0.497 e. The molecule has 0 saturated carbocycles. The lowest BCUT2D eigenvalue weighted by Crippen LogP contribution is -2.38. The molecule has 0 aliphatic rings. The Kier molecular flexibility index (Phi) is 7.42. The van der Waals surface area contributed by atoms with Crippen LogP contribution in [0.5, 0.6) is 11.5 Å². The van der Waals surface area contributed by atoms with Crippen molar-refractivity contribution in [2.45, 2.75) is 31.4 Å². The molecule has 0 spiro atoms. The van der Waals surface area contributed by atoms with Gasteiger partial charge < -0.3 is 14.8 Å². The number of methoxy groups -OCH3 is 1. The van der Waals surface area contributed by atoms with Gasteiger partial charge in [0.1, 0.15) is 11.5 Å². The Balaban J connectivity index is 1.94. The van der Waals surface area contributed by atoms with E-state index >= 15 is 0 Å². The van der Waals surface area contributed by atoms with Crippen molar-refractivity contribution in [3.63, 3.8) is 0 Å². The minimum absolute atomic E-state index is 0.0571. The standard InChI is InChI=1S/C20H26N2O5S/c1-15(2)27-18-7-5-6-16(12-18)13-21-20(23)14-22(3)28(24,25)19-10-8-17(26-4)9-11-19/h5-12,15H,13-14H2,1-4H3,(H,21,23). The fraction of sp³-hybridized carbons (Fsp3) is 0.350. The van der Waals surface area contributed by atoms with E-state index in [0.717, 1.165) is 15.6 Å². The van der Waals surface area contributed by atoms with E-state index in [1.807, 2.05) is 38.1 Å². The van der Waals surface area contributed by atoms with Gasteiger partial charge in [-0.3, -0.25) is 4.79 Å². The molecule has 0 unspecified atom stereocenters. The Morgan fingerprint density at radius 2 is 1.79 bits per heavy atom. The largest absolute Gasteiger partial charge is 0.497 e. The molecular weight excluding hydrogens is 380 g/mol. The first-order valence-electron chi connectivity index (χ1n) is 8.85. The molecule has 0 bridgehead atoms. The van der Waals surface area contributed by atoms with Crippen LogP contribution in [0, 0.1) is 0 Å². The van der Waals surface area contributed by atoms with Gasteiger partial charge in [-0.05, 0) is 55.8 Å². The molecule has 2 aromatic rings. The highest BCUT2D eigenvalue weighted by atomic mass is 32.2. The Morgan fingerprint density at radius 1 is 1.11 bits per heavy atom. The zero-order valence-corrected chi connectivity index (χ0v) is 17.3. The third kappa shape index (κ3) is 5.97. The molecule has 0 fully saturated rings. The monoisotopic (exact) mass is 406 g/mol. The topological polar surface area (TPSA) is 84.9 Å². The SMILES string of the molecule is COc1ccc(S(=O)(=O)N(C)CC(=O)NCc2cccc(OC(C)C)c2)cc1. The second kappa shape index (κ2) is 9.57. The van der Waals surface area contributed by atoms with Gasteiger partial charge in [-0.1, -0.05) is 12.1 Å². The highest BCUT2D eigenvalue weighted by molar-refractivity contribution is 7.89. The maximum atomic E-state index is 12.6. The number of benzene rings is 2. The van der Waals surface area contributed by atoms with E-state index in [0.29, 0.717) is 5.75 Å². The maximum absolute atomic E-state index is 12.6. The zero-order chi connectivity index (χ0) is 20.7. The van der Waals surface area contributed by atoms with Crippen LogP contribution in [-0.2, 0) is 21.4 Å². The molecule has 0 radical (unpaired) electrons. The van der Waals surface area contributed by atoms with Crippen LogP contribution in [0.15, 0.2) is 53.4 Å². The number of carbonyl (C=O) groups excluding carboxylic acids is 1. The number of carbonyl (C=O) groups is 1. The first kappa shape index (κ1) is 21.7. The van der Waals surface area contributed by atoms with Crippen molar-refractivity contribution in [2.75, 3.05) is 20.7 Å². The second-order valence-corrected chi connectivity index (χ2v) is 8.57. The average molecular weight is 407 g/mol. The molecule has 2 aromatic carbocycles. The summed E-state index contributed by atoms with van der Waals surface area (Å²) in [5.41, 5.74) is 0.868. The summed E-state index contributed by atoms with van der Waals surface area (Å²) in [4.78, 5) is 12.3. The molecule has 0 aliphatic heterocycles. The average Bonchev–Trinajstić information content (AvgIpc) is 2.66. The van der Waals surface area contributed by atoms with E-state index < -0.39 is 15.9 Å². The van der Waals surface area contributed by atoms with Gasteiger partial charge in [-0.25, -0.2) is 8.42 Å². The number of hydrogen-bond donors (Lipinski definition) is 1. The van der Waals surface area contributed by atoms with Crippen LogP contribution >= 0.6 is 0 Å². The zero-order valence-electron chi connectivity index (χ0n) is 16.5. The van der Waals surface area contributed by atoms with Crippen molar-refractivity contribution in [3.8, 4) is 11.5 Å². The van der Waals surface area contributed by atoms with Crippen LogP contribution in [0.25, 0.3) is 0 Å². The Hall–Kier alpha value is -2.58. The van der Waals surface area contributed by atoms with Gasteiger partial charge in [0.2, 0.25) is 15.9 Å². The summed E-state index contributed by atoms with van der Waals surface area (Å²) in [5, 5.41) is 2.73. The van der Waals surface area contributed by atoms with Crippen LogP contribution in [0.1, 0.15) is 19.4 Å². The molecule has 2 rings (SSSR count). The Labute approximate surface area is 166 Å². The van der Waals surface area contributed by atoms with E-state index in [1.165, 1.54) is 26.3 Å². The third-order valence-electron chi connectivity index (χ3n) is 3.89. The number of hydrogen-bond acceptors (Lipinski definition) is 5.